The summed E-state index contributed by atoms with van der Waals surface area (Å²) in [6, 6.07) is 7.41. The third kappa shape index (κ3) is 3.52. The molecule has 6 heteroatoms. The van der Waals surface area contributed by atoms with Gasteiger partial charge in [0.25, 0.3) is 5.91 Å². The molecule has 4 nitrogen and oxygen atoms in total. The molecular weight excluding hydrogens is 316 g/mol. The number of carbonyl (C=O) groups excluding carboxylic acids is 1. The lowest BCUT2D eigenvalue weighted by molar-refractivity contribution is 0.0553. The fraction of sp³-hybridized carbons (Fsp3) is 0.250. The van der Waals surface area contributed by atoms with Crippen LogP contribution >= 0.6 is 22.7 Å². The Labute approximate surface area is 136 Å². The van der Waals surface area contributed by atoms with Crippen LogP contribution in [0, 0.1) is 0 Å². The first-order chi connectivity index (χ1) is 10.5. The van der Waals surface area contributed by atoms with Crippen molar-refractivity contribution in [3.63, 3.8) is 0 Å². The summed E-state index contributed by atoms with van der Waals surface area (Å²) in [5.41, 5.74) is 3.35. The number of aromatic nitrogens is 1. The highest BCUT2D eigenvalue weighted by molar-refractivity contribution is 7.16. The second-order valence-electron chi connectivity index (χ2n) is 5.52. The van der Waals surface area contributed by atoms with Crippen LogP contribution < -0.4 is 5.32 Å². The Bertz CT molecular complexity index is 778. The number of nitrogens with zero attached hydrogens (tertiary/aromatic N) is 1. The van der Waals surface area contributed by atoms with Gasteiger partial charge in [0, 0.05) is 18.5 Å². The summed E-state index contributed by atoms with van der Waals surface area (Å²) in [6.07, 6.45) is 0.519. The number of nitrogens with one attached hydrogen (secondary N) is 1. The van der Waals surface area contributed by atoms with Crippen LogP contribution in [0.15, 0.2) is 40.5 Å². The van der Waals surface area contributed by atoms with Gasteiger partial charge >= 0.3 is 0 Å². The van der Waals surface area contributed by atoms with E-state index in [0.717, 1.165) is 15.8 Å². The number of hydrogen-bond donors (Lipinski definition) is 2. The third-order valence-corrected chi connectivity index (χ3v) is 4.91. The van der Waals surface area contributed by atoms with E-state index in [1.807, 2.05) is 29.0 Å². The number of thiophene rings is 1. The SMILES string of the molecule is CC(O)(CNC(=O)c1ccc2ncsc2c1)Cc1ccsc1. The molecule has 22 heavy (non-hydrogen) atoms. The minimum Gasteiger partial charge on any atom is -0.388 e. The van der Waals surface area contributed by atoms with Crippen LogP contribution in [0.4, 0.5) is 0 Å². The molecule has 0 aliphatic rings. The first-order valence-corrected chi connectivity index (χ1v) is 8.71. The molecule has 0 bridgehead atoms. The van der Waals surface area contributed by atoms with Crippen molar-refractivity contribution in [3.05, 3.63) is 51.7 Å². The molecule has 3 aromatic rings. The minimum atomic E-state index is -0.967. The first kappa shape index (κ1) is 15.1. The van der Waals surface area contributed by atoms with Gasteiger partial charge in [-0.15, -0.1) is 11.3 Å². The number of aliphatic hydroxyl groups is 1. The average Bonchev–Trinajstić information content (AvgIpc) is 3.14. The number of fused-ring (bicyclic) bond motifs is 1. The lowest BCUT2D eigenvalue weighted by atomic mass is 9.98. The molecule has 0 saturated heterocycles. The van der Waals surface area contributed by atoms with Crippen molar-refractivity contribution in [1.82, 2.24) is 10.3 Å². The Balaban J connectivity index is 1.63. The van der Waals surface area contributed by atoms with E-state index in [0.29, 0.717) is 12.0 Å². The molecule has 0 aliphatic heterocycles. The van der Waals surface area contributed by atoms with Crippen LogP contribution in [0.5, 0.6) is 0 Å². The zero-order chi connectivity index (χ0) is 15.6. The predicted octanol–water partition coefficient (Wildman–Crippen LogP) is 3.08. The maximum Gasteiger partial charge on any atom is 0.251 e. The summed E-state index contributed by atoms with van der Waals surface area (Å²) in [5.74, 6) is -0.180. The summed E-state index contributed by atoms with van der Waals surface area (Å²) >= 11 is 3.11. The Morgan fingerprint density at radius 2 is 2.27 bits per heavy atom. The van der Waals surface area contributed by atoms with Crippen molar-refractivity contribution in [1.29, 1.82) is 0 Å². The van der Waals surface area contributed by atoms with Crippen LogP contribution in [0.1, 0.15) is 22.8 Å². The molecule has 1 aromatic carbocycles. The molecule has 1 unspecified atom stereocenters. The Kier molecular flexibility index (Phi) is 4.24. The normalized spacial score (nSPS) is 13.9. The minimum absolute atomic E-state index is 0.180. The molecule has 3 rings (SSSR count). The van der Waals surface area contributed by atoms with Crippen molar-refractivity contribution in [2.24, 2.45) is 0 Å². The largest absolute Gasteiger partial charge is 0.388 e. The molecule has 2 N–H and O–H groups in total. The molecular formula is C16H16N2O2S2. The fourth-order valence-electron chi connectivity index (χ4n) is 2.26. The zero-order valence-electron chi connectivity index (χ0n) is 12.1. The standard InChI is InChI=1S/C16H16N2O2S2/c1-16(20,7-11-4-5-21-8-11)9-17-15(19)12-2-3-13-14(6-12)22-10-18-13/h2-6,8,10,20H,7,9H2,1H3,(H,17,19). The zero-order valence-corrected chi connectivity index (χ0v) is 13.7. The van der Waals surface area contributed by atoms with Crippen LogP contribution in [0.3, 0.4) is 0 Å². The Morgan fingerprint density at radius 3 is 3.05 bits per heavy atom. The van der Waals surface area contributed by atoms with E-state index in [2.05, 4.69) is 10.3 Å². The van der Waals surface area contributed by atoms with Crippen LogP contribution in [-0.4, -0.2) is 28.1 Å². The van der Waals surface area contributed by atoms with Gasteiger partial charge in [-0.2, -0.15) is 11.3 Å². The van der Waals surface area contributed by atoms with E-state index in [4.69, 9.17) is 0 Å². The number of benzene rings is 1. The second-order valence-corrected chi connectivity index (χ2v) is 7.19. The molecule has 114 valence electrons. The monoisotopic (exact) mass is 332 g/mol. The fourth-order valence-corrected chi connectivity index (χ4v) is 3.65. The van der Waals surface area contributed by atoms with Crippen molar-refractivity contribution < 1.29 is 9.90 Å². The lowest BCUT2D eigenvalue weighted by Gasteiger charge is -2.23. The van der Waals surface area contributed by atoms with Gasteiger partial charge in [0.05, 0.1) is 21.3 Å². The van der Waals surface area contributed by atoms with E-state index in [-0.39, 0.29) is 12.5 Å². The van der Waals surface area contributed by atoms with Gasteiger partial charge in [0.2, 0.25) is 0 Å². The summed E-state index contributed by atoms with van der Waals surface area (Å²) in [5, 5.41) is 17.2. The molecule has 0 saturated carbocycles. The van der Waals surface area contributed by atoms with Gasteiger partial charge in [0.1, 0.15) is 0 Å². The maximum absolute atomic E-state index is 12.2. The Morgan fingerprint density at radius 1 is 1.41 bits per heavy atom. The number of thiazole rings is 1. The van der Waals surface area contributed by atoms with E-state index in [9.17, 15) is 9.90 Å². The predicted molar refractivity (Wildman–Crippen MR) is 90.6 cm³/mol. The van der Waals surface area contributed by atoms with E-state index >= 15 is 0 Å². The molecule has 0 spiro atoms. The average molecular weight is 332 g/mol. The first-order valence-electron chi connectivity index (χ1n) is 6.88. The van der Waals surface area contributed by atoms with Gasteiger partial charge in [-0.3, -0.25) is 4.79 Å². The molecule has 1 atom stereocenters. The highest BCUT2D eigenvalue weighted by atomic mass is 32.1. The van der Waals surface area contributed by atoms with E-state index < -0.39 is 5.60 Å². The lowest BCUT2D eigenvalue weighted by Crippen LogP contribution is -2.42. The van der Waals surface area contributed by atoms with Gasteiger partial charge in [0.15, 0.2) is 0 Å². The number of hydrogen-bond acceptors (Lipinski definition) is 5. The third-order valence-electron chi connectivity index (χ3n) is 3.39. The van der Waals surface area contributed by atoms with Crippen LogP contribution in [0.25, 0.3) is 10.2 Å². The molecule has 2 aromatic heterocycles. The van der Waals surface area contributed by atoms with Gasteiger partial charge in [-0.1, -0.05) is 0 Å². The van der Waals surface area contributed by atoms with Gasteiger partial charge in [-0.05, 0) is 47.5 Å². The Hall–Kier alpha value is -1.76. The molecule has 0 fully saturated rings. The van der Waals surface area contributed by atoms with Crippen LogP contribution in [-0.2, 0) is 6.42 Å². The summed E-state index contributed by atoms with van der Waals surface area (Å²) in [7, 11) is 0. The summed E-state index contributed by atoms with van der Waals surface area (Å²) in [6.45, 7) is 1.94. The number of carbonyl (C=O) groups is 1. The molecule has 2 heterocycles. The van der Waals surface area contributed by atoms with E-state index in [1.54, 1.807) is 29.8 Å². The van der Waals surface area contributed by atoms with Crippen molar-refractivity contribution in [3.8, 4) is 0 Å². The number of rotatable bonds is 5. The molecule has 0 radical (unpaired) electrons. The quantitative estimate of drug-likeness (QED) is 0.755. The smallest absolute Gasteiger partial charge is 0.251 e. The molecule has 1 amide bonds. The summed E-state index contributed by atoms with van der Waals surface area (Å²) < 4.78 is 0.984. The summed E-state index contributed by atoms with van der Waals surface area (Å²) in [4.78, 5) is 16.4. The van der Waals surface area contributed by atoms with Crippen molar-refractivity contribution in [2.75, 3.05) is 6.54 Å². The second kappa shape index (κ2) is 6.16. The highest BCUT2D eigenvalue weighted by Gasteiger charge is 2.22. The van der Waals surface area contributed by atoms with Crippen molar-refractivity contribution in [2.45, 2.75) is 18.9 Å². The number of amides is 1. The van der Waals surface area contributed by atoms with E-state index in [1.165, 1.54) is 11.3 Å². The highest BCUT2D eigenvalue weighted by Crippen LogP contribution is 2.19. The maximum atomic E-state index is 12.2. The topological polar surface area (TPSA) is 62.2 Å². The van der Waals surface area contributed by atoms with Gasteiger partial charge in [-0.25, -0.2) is 4.98 Å². The van der Waals surface area contributed by atoms with Crippen molar-refractivity contribution >= 4 is 38.8 Å². The van der Waals surface area contributed by atoms with Gasteiger partial charge < -0.3 is 10.4 Å². The van der Waals surface area contributed by atoms with Crippen LogP contribution in [0.2, 0.25) is 0 Å². The molecule has 0 aliphatic carbocycles.